The van der Waals surface area contributed by atoms with Crippen LogP contribution in [0.2, 0.25) is 0 Å². The van der Waals surface area contributed by atoms with E-state index in [-0.39, 0.29) is 29.9 Å². The standard InChI is InChI=1S/C18H30N2O4/c1-14(2)9-16(21)20-12-18(13-20)15(5-8-24-18)10-23-11-17(22)19-6-3-4-7-19/h14-15H,3-13H2,1-2H3/t15-/m1/s1. The maximum absolute atomic E-state index is 12.1. The van der Waals surface area contributed by atoms with Crippen molar-refractivity contribution >= 4 is 11.8 Å². The minimum absolute atomic E-state index is 0.0998. The Balaban J connectivity index is 1.41. The fourth-order valence-electron chi connectivity index (χ4n) is 3.97. The first-order valence-electron chi connectivity index (χ1n) is 9.27. The molecule has 0 saturated carbocycles. The number of hydrogen-bond donors (Lipinski definition) is 0. The van der Waals surface area contributed by atoms with Gasteiger partial charge in [-0.15, -0.1) is 0 Å². The molecule has 0 aromatic heterocycles. The van der Waals surface area contributed by atoms with Crippen molar-refractivity contribution in [1.29, 1.82) is 0 Å². The normalized spacial score (nSPS) is 25.5. The van der Waals surface area contributed by atoms with E-state index in [4.69, 9.17) is 9.47 Å². The highest BCUT2D eigenvalue weighted by Gasteiger charge is 2.54. The lowest BCUT2D eigenvalue weighted by Gasteiger charge is -2.50. The van der Waals surface area contributed by atoms with Gasteiger partial charge in [0, 0.05) is 32.0 Å². The Morgan fingerprint density at radius 2 is 1.88 bits per heavy atom. The van der Waals surface area contributed by atoms with Gasteiger partial charge < -0.3 is 19.3 Å². The van der Waals surface area contributed by atoms with Crippen LogP contribution in [-0.2, 0) is 19.1 Å². The minimum atomic E-state index is -0.233. The van der Waals surface area contributed by atoms with E-state index in [1.807, 2.05) is 9.80 Å². The summed E-state index contributed by atoms with van der Waals surface area (Å²) in [5.74, 6) is 0.985. The summed E-state index contributed by atoms with van der Waals surface area (Å²) < 4.78 is 11.7. The third-order valence-electron chi connectivity index (χ3n) is 5.46. The van der Waals surface area contributed by atoms with Crippen LogP contribution in [0.25, 0.3) is 0 Å². The molecule has 1 atom stereocenters. The molecule has 1 spiro atoms. The Hall–Kier alpha value is -1.14. The summed E-state index contributed by atoms with van der Waals surface area (Å²) in [4.78, 5) is 27.9. The summed E-state index contributed by atoms with van der Waals surface area (Å²) in [5, 5.41) is 0. The second-order valence-electron chi connectivity index (χ2n) is 7.85. The van der Waals surface area contributed by atoms with E-state index in [2.05, 4.69) is 13.8 Å². The summed E-state index contributed by atoms with van der Waals surface area (Å²) in [6, 6.07) is 0. The Morgan fingerprint density at radius 3 is 2.54 bits per heavy atom. The third-order valence-corrected chi connectivity index (χ3v) is 5.46. The smallest absolute Gasteiger partial charge is 0.248 e. The summed E-state index contributed by atoms with van der Waals surface area (Å²) in [6.45, 7) is 8.65. The first-order valence-corrected chi connectivity index (χ1v) is 9.27. The van der Waals surface area contributed by atoms with Crippen LogP contribution in [-0.4, -0.2) is 73.2 Å². The van der Waals surface area contributed by atoms with E-state index < -0.39 is 0 Å². The summed E-state index contributed by atoms with van der Waals surface area (Å²) >= 11 is 0. The van der Waals surface area contributed by atoms with E-state index in [1.165, 1.54) is 0 Å². The average molecular weight is 338 g/mol. The van der Waals surface area contributed by atoms with Crippen LogP contribution < -0.4 is 0 Å². The number of nitrogens with zero attached hydrogens (tertiary/aromatic N) is 2. The van der Waals surface area contributed by atoms with E-state index >= 15 is 0 Å². The molecule has 0 aromatic rings. The van der Waals surface area contributed by atoms with Gasteiger partial charge in [-0.05, 0) is 25.2 Å². The van der Waals surface area contributed by atoms with Gasteiger partial charge in [0.2, 0.25) is 11.8 Å². The summed E-state index contributed by atoms with van der Waals surface area (Å²) in [6.07, 6.45) is 3.75. The largest absolute Gasteiger partial charge is 0.371 e. The molecule has 0 radical (unpaired) electrons. The molecule has 0 unspecified atom stereocenters. The molecule has 6 nitrogen and oxygen atoms in total. The fourth-order valence-corrected chi connectivity index (χ4v) is 3.97. The van der Waals surface area contributed by atoms with Crippen LogP contribution in [0.1, 0.15) is 39.5 Å². The quantitative estimate of drug-likeness (QED) is 0.732. The number of amides is 2. The van der Waals surface area contributed by atoms with Crippen LogP contribution in [0, 0.1) is 11.8 Å². The van der Waals surface area contributed by atoms with Crippen molar-refractivity contribution < 1.29 is 19.1 Å². The van der Waals surface area contributed by atoms with Crippen molar-refractivity contribution in [2.24, 2.45) is 11.8 Å². The first-order chi connectivity index (χ1) is 11.5. The fraction of sp³-hybridized carbons (Fsp3) is 0.889. The second kappa shape index (κ2) is 7.40. The SMILES string of the molecule is CC(C)CC(=O)N1CC2(C1)OCC[C@@H]2COCC(=O)N1CCCC1. The van der Waals surface area contributed by atoms with Crippen LogP contribution in [0.15, 0.2) is 0 Å². The minimum Gasteiger partial charge on any atom is -0.371 e. The lowest BCUT2D eigenvalue weighted by atomic mass is 9.81. The highest BCUT2D eigenvalue weighted by molar-refractivity contribution is 5.78. The molecule has 3 aliphatic rings. The van der Waals surface area contributed by atoms with Crippen molar-refractivity contribution in [3.8, 4) is 0 Å². The zero-order chi connectivity index (χ0) is 17.2. The average Bonchev–Trinajstić information content (AvgIpc) is 3.14. The van der Waals surface area contributed by atoms with Crippen LogP contribution >= 0.6 is 0 Å². The van der Waals surface area contributed by atoms with Gasteiger partial charge in [-0.2, -0.15) is 0 Å². The first kappa shape index (κ1) is 17.7. The van der Waals surface area contributed by atoms with Crippen LogP contribution in [0.5, 0.6) is 0 Å². The number of rotatable bonds is 6. The lowest BCUT2D eigenvalue weighted by molar-refractivity contribution is -0.170. The lowest BCUT2D eigenvalue weighted by Crippen LogP contribution is -2.66. The molecular formula is C18H30N2O4. The van der Waals surface area contributed by atoms with Crippen LogP contribution in [0.4, 0.5) is 0 Å². The van der Waals surface area contributed by atoms with E-state index in [0.29, 0.717) is 32.0 Å². The maximum atomic E-state index is 12.1. The van der Waals surface area contributed by atoms with Gasteiger partial charge in [0.05, 0.1) is 19.7 Å². The van der Waals surface area contributed by atoms with Gasteiger partial charge in [-0.1, -0.05) is 13.8 Å². The molecule has 0 bridgehead atoms. The molecule has 0 aromatic carbocycles. The zero-order valence-electron chi connectivity index (χ0n) is 15.0. The molecule has 6 heteroatoms. The number of carbonyl (C=O) groups is 2. The van der Waals surface area contributed by atoms with Gasteiger partial charge in [0.15, 0.2) is 0 Å². The number of likely N-dealkylation sites (tertiary alicyclic amines) is 2. The van der Waals surface area contributed by atoms with Gasteiger partial charge in [0.25, 0.3) is 0 Å². The molecule has 24 heavy (non-hydrogen) atoms. The summed E-state index contributed by atoms with van der Waals surface area (Å²) in [5.41, 5.74) is -0.233. The Bertz CT molecular complexity index is 468. The van der Waals surface area contributed by atoms with Gasteiger partial charge in [0.1, 0.15) is 12.2 Å². The van der Waals surface area contributed by atoms with Crippen molar-refractivity contribution in [2.45, 2.75) is 45.1 Å². The van der Waals surface area contributed by atoms with Gasteiger partial charge in [-0.25, -0.2) is 0 Å². The third kappa shape index (κ3) is 3.75. The molecule has 3 aliphatic heterocycles. The number of carbonyl (C=O) groups excluding carboxylic acids is 2. The monoisotopic (exact) mass is 338 g/mol. The molecule has 0 aliphatic carbocycles. The molecular weight excluding hydrogens is 308 g/mol. The molecule has 3 rings (SSSR count). The van der Waals surface area contributed by atoms with E-state index in [9.17, 15) is 9.59 Å². The van der Waals surface area contributed by atoms with E-state index in [1.54, 1.807) is 0 Å². The predicted octanol–water partition coefficient (Wildman–Crippen LogP) is 1.29. The topological polar surface area (TPSA) is 59.1 Å². The Kier molecular flexibility index (Phi) is 5.45. The van der Waals surface area contributed by atoms with Crippen LogP contribution in [0.3, 0.4) is 0 Å². The predicted molar refractivity (Wildman–Crippen MR) is 89.5 cm³/mol. The molecule has 3 fully saturated rings. The molecule has 3 heterocycles. The molecule has 136 valence electrons. The highest BCUT2D eigenvalue weighted by Crippen LogP contribution is 2.40. The van der Waals surface area contributed by atoms with Crippen molar-refractivity contribution in [2.75, 3.05) is 46.0 Å². The van der Waals surface area contributed by atoms with Crippen molar-refractivity contribution in [3.05, 3.63) is 0 Å². The maximum Gasteiger partial charge on any atom is 0.248 e. The number of ether oxygens (including phenoxy) is 2. The molecule has 3 saturated heterocycles. The summed E-state index contributed by atoms with van der Waals surface area (Å²) in [7, 11) is 0. The Labute approximate surface area is 144 Å². The molecule has 2 amide bonds. The highest BCUT2D eigenvalue weighted by atomic mass is 16.5. The zero-order valence-corrected chi connectivity index (χ0v) is 15.0. The second-order valence-corrected chi connectivity index (χ2v) is 7.85. The van der Waals surface area contributed by atoms with Crippen molar-refractivity contribution in [1.82, 2.24) is 9.80 Å². The Morgan fingerprint density at radius 1 is 1.17 bits per heavy atom. The van der Waals surface area contributed by atoms with Gasteiger partial charge >= 0.3 is 0 Å². The van der Waals surface area contributed by atoms with Crippen molar-refractivity contribution in [3.63, 3.8) is 0 Å². The number of hydrogen-bond acceptors (Lipinski definition) is 4. The van der Waals surface area contributed by atoms with E-state index in [0.717, 1.165) is 39.0 Å². The van der Waals surface area contributed by atoms with Gasteiger partial charge in [-0.3, -0.25) is 9.59 Å². The molecule has 0 N–H and O–H groups in total.